The highest BCUT2D eigenvalue weighted by Crippen LogP contribution is 2.28. The second-order valence-electron chi connectivity index (χ2n) is 3.48. The zero-order valence-corrected chi connectivity index (χ0v) is 9.65. The number of carbonyl (C=O) groups is 1. The highest BCUT2D eigenvalue weighted by atomic mass is 16.5. The predicted octanol–water partition coefficient (Wildman–Crippen LogP) is 2.38. The molecule has 8 nitrogen and oxygen atoms in total. The fourth-order valence-corrected chi connectivity index (χ4v) is 1.16. The Morgan fingerprint density at radius 1 is 1.72 bits per heavy atom. The molecule has 0 saturated heterocycles. The van der Waals surface area contributed by atoms with Gasteiger partial charge in [-0.2, -0.15) is 5.26 Å². The van der Waals surface area contributed by atoms with E-state index >= 15 is 0 Å². The molecule has 0 aliphatic rings. The van der Waals surface area contributed by atoms with Gasteiger partial charge in [0.2, 0.25) is 5.88 Å². The van der Waals surface area contributed by atoms with E-state index < -0.39 is 5.97 Å². The first kappa shape index (κ1) is 13.3. The molecule has 1 aromatic heterocycles. The summed E-state index contributed by atoms with van der Waals surface area (Å²) in [7, 11) is 0. The van der Waals surface area contributed by atoms with E-state index in [1.807, 2.05) is 0 Å². The first-order valence-electron chi connectivity index (χ1n) is 4.89. The lowest BCUT2D eigenvalue weighted by Crippen LogP contribution is -2.11. The number of azide groups is 1. The third-order valence-electron chi connectivity index (χ3n) is 1.80. The monoisotopic (exact) mass is 247 g/mol. The number of aromatic carboxylic acids is 1. The van der Waals surface area contributed by atoms with Crippen molar-refractivity contribution >= 4 is 11.7 Å². The number of rotatable bonds is 4. The summed E-state index contributed by atoms with van der Waals surface area (Å²) in [5, 5.41) is 21.1. The van der Waals surface area contributed by atoms with E-state index in [4.69, 9.17) is 20.6 Å². The first-order valence-corrected chi connectivity index (χ1v) is 4.89. The quantitative estimate of drug-likeness (QED) is 0.495. The van der Waals surface area contributed by atoms with Crippen molar-refractivity contribution in [2.75, 3.05) is 0 Å². The summed E-state index contributed by atoms with van der Waals surface area (Å²) < 4.78 is 5.23. The summed E-state index contributed by atoms with van der Waals surface area (Å²) in [6.45, 7) is 3.40. The molecule has 1 aromatic rings. The molecule has 0 bridgehead atoms. The van der Waals surface area contributed by atoms with E-state index in [1.54, 1.807) is 19.9 Å². The molecule has 0 aliphatic heterocycles. The number of hydrogen-bond acceptors (Lipinski definition) is 5. The van der Waals surface area contributed by atoms with E-state index in [1.165, 1.54) is 0 Å². The van der Waals surface area contributed by atoms with E-state index in [9.17, 15) is 4.79 Å². The molecule has 0 radical (unpaired) electrons. The highest BCUT2D eigenvalue weighted by Gasteiger charge is 2.17. The van der Waals surface area contributed by atoms with Crippen LogP contribution in [0.3, 0.4) is 0 Å². The van der Waals surface area contributed by atoms with Crippen LogP contribution in [0, 0.1) is 11.3 Å². The fraction of sp³-hybridized carbons (Fsp3) is 0.300. The van der Waals surface area contributed by atoms with Gasteiger partial charge in [0.25, 0.3) is 0 Å². The lowest BCUT2D eigenvalue weighted by Gasteiger charge is -2.11. The summed E-state index contributed by atoms with van der Waals surface area (Å²) in [6, 6.07) is 2.80. The van der Waals surface area contributed by atoms with Crippen molar-refractivity contribution in [2.45, 2.75) is 20.0 Å². The fourth-order valence-electron chi connectivity index (χ4n) is 1.16. The van der Waals surface area contributed by atoms with Crippen molar-refractivity contribution < 1.29 is 14.6 Å². The summed E-state index contributed by atoms with van der Waals surface area (Å²) in [5.41, 5.74) is 7.81. The number of pyridine rings is 1. The summed E-state index contributed by atoms with van der Waals surface area (Å²) >= 11 is 0. The van der Waals surface area contributed by atoms with Crippen molar-refractivity contribution in [2.24, 2.45) is 5.11 Å². The molecule has 0 spiro atoms. The minimum atomic E-state index is -1.30. The van der Waals surface area contributed by atoms with Crippen LogP contribution in [0.2, 0.25) is 0 Å². The van der Waals surface area contributed by atoms with Crippen molar-refractivity contribution in [1.29, 1.82) is 5.26 Å². The molecule has 1 heterocycles. The van der Waals surface area contributed by atoms with Crippen molar-refractivity contribution in [1.82, 2.24) is 4.98 Å². The molecule has 18 heavy (non-hydrogen) atoms. The van der Waals surface area contributed by atoms with Crippen molar-refractivity contribution in [3.8, 4) is 11.9 Å². The number of nitriles is 1. The smallest absolute Gasteiger partial charge is 0.354 e. The molecular weight excluding hydrogens is 238 g/mol. The van der Waals surface area contributed by atoms with Crippen molar-refractivity contribution in [3.05, 3.63) is 27.8 Å². The Morgan fingerprint density at radius 3 is 2.83 bits per heavy atom. The zero-order valence-electron chi connectivity index (χ0n) is 9.65. The van der Waals surface area contributed by atoms with Gasteiger partial charge in [0.1, 0.15) is 11.6 Å². The summed E-state index contributed by atoms with van der Waals surface area (Å²) in [6.07, 6.45) is -0.299. The van der Waals surface area contributed by atoms with Crippen molar-refractivity contribution in [3.63, 3.8) is 0 Å². The number of carboxylic acid groups (broad SMARTS) is 1. The van der Waals surface area contributed by atoms with Gasteiger partial charge in [0.15, 0.2) is 5.69 Å². The van der Waals surface area contributed by atoms with Crippen LogP contribution in [0.25, 0.3) is 10.4 Å². The molecule has 1 rings (SSSR count). The predicted molar refractivity (Wildman–Crippen MR) is 60.5 cm³/mol. The lowest BCUT2D eigenvalue weighted by molar-refractivity contribution is 0.0688. The van der Waals surface area contributed by atoms with Crippen LogP contribution >= 0.6 is 0 Å². The Hall–Kier alpha value is -2.78. The van der Waals surface area contributed by atoms with Crippen LogP contribution in [0.4, 0.5) is 5.69 Å². The Labute approximate surface area is 102 Å². The maximum absolute atomic E-state index is 10.9. The van der Waals surface area contributed by atoms with Gasteiger partial charge in [0, 0.05) is 4.91 Å². The first-order chi connectivity index (χ1) is 8.49. The molecule has 0 atom stereocenters. The summed E-state index contributed by atoms with van der Waals surface area (Å²) in [4.78, 5) is 17.1. The van der Waals surface area contributed by atoms with E-state index in [-0.39, 0.29) is 28.9 Å². The standard InChI is InChI=1S/C10H9N5O3/c1-5(2)18-9-6(4-11)7(14-15-12)3-8(13-9)10(16)17/h3,5H,1-2H3,(H,16,17). The van der Waals surface area contributed by atoms with Gasteiger partial charge in [-0.3, -0.25) is 0 Å². The van der Waals surface area contributed by atoms with Gasteiger partial charge >= 0.3 is 5.97 Å². The minimum Gasteiger partial charge on any atom is -0.477 e. The van der Waals surface area contributed by atoms with Gasteiger partial charge in [-0.05, 0) is 25.4 Å². The number of aromatic nitrogens is 1. The average Bonchev–Trinajstić information content (AvgIpc) is 2.28. The molecule has 0 saturated carbocycles. The molecular formula is C10H9N5O3. The van der Waals surface area contributed by atoms with Crippen LogP contribution in [0.1, 0.15) is 29.9 Å². The second-order valence-corrected chi connectivity index (χ2v) is 3.48. The maximum atomic E-state index is 10.9. The minimum absolute atomic E-state index is 0.0912. The Morgan fingerprint density at radius 2 is 2.39 bits per heavy atom. The second kappa shape index (κ2) is 5.52. The molecule has 0 aromatic carbocycles. The number of ether oxygens (including phenoxy) is 1. The van der Waals surface area contributed by atoms with Crippen LogP contribution in [-0.4, -0.2) is 22.2 Å². The van der Waals surface area contributed by atoms with E-state index in [0.29, 0.717) is 0 Å². The van der Waals surface area contributed by atoms with Crippen LogP contribution < -0.4 is 4.74 Å². The maximum Gasteiger partial charge on any atom is 0.354 e. The van der Waals surface area contributed by atoms with Gasteiger partial charge in [-0.15, -0.1) is 0 Å². The normalized spacial score (nSPS) is 9.44. The molecule has 1 N–H and O–H groups in total. The SMILES string of the molecule is CC(C)Oc1nc(C(=O)O)cc(N=[N+]=[N-])c1C#N. The van der Waals surface area contributed by atoms with Gasteiger partial charge in [0.05, 0.1) is 11.8 Å². The highest BCUT2D eigenvalue weighted by molar-refractivity contribution is 5.87. The number of nitrogens with zero attached hydrogens (tertiary/aromatic N) is 5. The molecule has 0 fully saturated rings. The van der Waals surface area contributed by atoms with Gasteiger partial charge in [-0.25, -0.2) is 9.78 Å². The number of carboxylic acids is 1. The van der Waals surface area contributed by atoms with Crippen LogP contribution in [-0.2, 0) is 0 Å². The largest absolute Gasteiger partial charge is 0.477 e. The van der Waals surface area contributed by atoms with Gasteiger partial charge in [-0.1, -0.05) is 5.11 Å². The molecule has 8 heteroatoms. The average molecular weight is 247 g/mol. The third-order valence-corrected chi connectivity index (χ3v) is 1.80. The third kappa shape index (κ3) is 2.87. The zero-order chi connectivity index (χ0) is 13.7. The van der Waals surface area contributed by atoms with E-state index in [2.05, 4.69) is 15.0 Å². The topological polar surface area (TPSA) is 132 Å². The Bertz CT molecular complexity index is 570. The Kier molecular flexibility index (Phi) is 4.07. The van der Waals surface area contributed by atoms with Crippen LogP contribution in [0.5, 0.6) is 5.88 Å². The molecule has 0 unspecified atom stereocenters. The van der Waals surface area contributed by atoms with E-state index in [0.717, 1.165) is 6.07 Å². The van der Waals surface area contributed by atoms with Crippen LogP contribution in [0.15, 0.2) is 11.2 Å². The molecule has 0 aliphatic carbocycles. The molecule has 0 amide bonds. The summed E-state index contributed by atoms with van der Waals surface area (Å²) in [5.74, 6) is -1.46. The lowest BCUT2D eigenvalue weighted by atomic mass is 10.2. The Balaban J connectivity index is 3.51. The van der Waals surface area contributed by atoms with Gasteiger partial charge < -0.3 is 9.84 Å². The molecule has 92 valence electrons. The number of hydrogen-bond donors (Lipinski definition) is 1.